The maximum Gasteiger partial charge on any atom is 0.522 e. The van der Waals surface area contributed by atoms with Crippen LogP contribution in [0.3, 0.4) is 0 Å². The van der Waals surface area contributed by atoms with Gasteiger partial charge in [0.05, 0.1) is 0 Å². The molecule has 1 aliphatic rings. The number of hydrogen-bond donors (Lipinski definition) is 2. The highest BCUT2D eigenvalue weighted by atomic mass is 32.2. The van der Waals surface area contributed by atoms with E-state index < -0.39 is 15.6 Å². The van der Waals surface area contributed by atoms with Gasteiger partial charge in [-0.1, -0.05) is 12.2 Å². The van der Waals surface area contributed by atoms with Gasteiger partial charge < -0.3 is 5.32 Å². The van der Waals surface area contributed by atoms with Gasteiger partial charge in [0.1, 0.15) is 0 Å². The van der Waals surface area contributed by atoms with E-state index in [4.69, 9.17) is 13.0 Å². The van der Waals surface area contributed by atoms with Gasteiger partial charge in [0.2, 0.25) is 0 Å². The minimum absolute atomic E-state index is 1.88. The molecule has 0 spiro atoms. The molecule has 1 heterocycles. The van der Waals surface area contributed by atoms with Crippen LogP contribution >= 0.6 is 0 Å². The first-order valence-corrected chi connectivity index (χ1v) is 4.97. The van der Waals surface area contributed by atoms with Crippen LogP contribution in [0.2, 0.25) is 0 Å². The van der Waals surface area contributed by atoms with Crippen molar-refractivity contribution in [2.75, 3.05) is 0 Å². The summed E-state index contributed by atoms with van der Waals surface area (Å²) in [6.07, 6.45) is 11.6. The Bertz CT molecular complexity index is 353. The lowest BCUT2D eigenvalue weighted by Crippen LogP contribution is -2.21. The number of alkyl halides is 3. The van der Waals surface area contributed by atoms with Gasteiger partial charge in [-0.15, -0.1) is 0 Å². The molecule has 0 saturated carbocycles. The minimum atomic E-state index is -5.84. The minimum Gasteiger partial charge on any atom is -0.368 e. The summed E-state index contributed by atoms with van der Waals surface area (Å²) in [4.78, 5) is 0. The van der Waals surface area contributed by atoms with Gasteiger partial charge in [-0.2, -0.15) is 21.6 Å². The van der Waals surface area contributed by atoms with Gasteiger partial charge in [-0.3, -0.25) is 4.55 Å². The average molecular weight is 243 g/mol. The first-order chi connectivity index (χ1) is 6.75. The Labute approximate surface area is 84.5 Å². The Morgan fingerprint density at radius 2 is 1.33 bits per heavy atom. The molecule has 0 aromatic heterocycles. The lowest BCUT2D eigenvalue weighted by atomic mass is 10.5. The van der Waals surface area contributed by atoms with E-state index in [0.717, 1.165) is 0 Å². The third-order valence-electron chi connectivity index (χ3n) is 1.01. The maximum absolute atomic E-state index is 10.7. The summed E-state index contributed by atoms with van der Waals surface area (Å²) in [5.41, 5.74) is -5.53. The number of allylic oxidation sites excluding steroid dienone is 4. The zero-order valence-corrected chi connectivity index (χ0v) is 8.09. The van der Waals surface area contributed by atoms with E-state index in [2.05, 4.69) is 5.32 Å². The number of hydrogen-bond acceptors (Lipinski definition) is 3. The monoisotopic (exact) mass is 243 g/mol. The molecule has 0 aromatic rings. The summed E-state index contributed by atoms with van der Waals surface area (Å²) in [5.74, 6) is 0. The molecule has 0 saturated heterocycles. The lowest BCUT2D eigenvalue weighted by Gasteiger charge is -1.97. The summed E-state index contributed by atoms with van der Waals surface area (Å²) < 4.78 is 57.5. The zero-order chi connectivity index (χ0) is 11.9. The zero-order valence-electron chi connectivity index (χ0n) is 7.27. The molecule has 1 aliphatic heterocycles. The van der Waals surface area contributed by atoms with Crippen molar-refractivity contribution < 1.29 is 26.1 Å². The summed E-state index contributed by atoms with van der Waals surface area (Å²) in [6, 6.07) is 0. The fourth-order valence-electron chi connectivity index (χ4n) is 0.406. The van der Waals surface area contributed by atoms with Crippen molar-refractivity contribution >= 4 is 10.1 Å². The van der Waals surface area contributed by atoms with Crippen LogP contribution in [0, 0.1) is 0 Å². The molecule has 0 fully saturated rings. The van der Waals surface area contributed by atoms with E-state index in [-0.39, 0.29) is 0 Å². The van der Waals surface area contributed by atoms with E-state index in [1.54, 1.807) is 0 Å². The molecule has 2 N–H and O–H groups in total. The van der Waals surface area contributed by atoms with Gasteiger partial charge in [0.25, 0.3) is 0 Å². The molecule has 0 aliphatic carbocycles. The van der Waals surface area contributed by atoms with Crippen molar-refractivity contribution in [1.82, 2.24) is 5.32 Å². The van der Waals surface area contributed by atoms with Gasteiger partial charge >= 0.3 is 15.6 Å². The lowest BCUT2D eigenvalue weighted by molar-refractivity contribution is -0.0510. The number of halogens is 3. The van der Waals surface area contributed by atoms with Gasteiger partial charge in [0.15, 0.2) is 0 Å². The van der Waals surface area contributed by atoms with Crippen LogP contribution in [0.15, 0.2) is 36.7 Å². The van der Waals surface area contributed by atoms with Crippen molar-refractivity contribution in [3.8, 4) is 0 Å². The highest BCUT2D eigenvalue weighted by Gasteiger charge is 2.44. The van der Waals surface area contributed by atoms with Crippen LogP contribution in [-0.2, 0) is 10.1 Å². The summed E-state index contributed by atoms with van der Waals surface area (Å²) >= 11 is 0. The van der Waals surface area contributed by atoms with Gasteiger partial charge in [-0.05, 0) is 12.2 Å². The molecule has 1 rings (SSSR count). The van der Waals surface area contributed by atoms with Gasteiger partial charge in [0, 0.05) is 12.4 Å². The molecular weight excluding hydrogens is 235 g/mol. The Kier molecular flexibility index (Phi) is 5.09. The van der Waals surface area contributed by atoms with Crippen LogP contribution in [0.1, 0.15) is 0 Å². The second kappa shape index (κ2) is 5.56. The second-order valence-electron chi connectivity index (χ2n) is 2.19. The van der Waals surface area contributed by atoms with Crippen molar-refractivity contribution in [2.45, 2.75) is 5.51 Å². The van der Waals surface area contributed by atoms with E-state index in [0.29, 0.717) is 0 Å². The maximum atomic E-state index is 10.7. The first-order valence-electron chi connectivity index (χ1n) is 3.53. The van der Waals surface area contributed by atoms with Gasteiger partial charge in [-0.25, -0.2) is 0 Å². The van der Waals surface area contributed by atoms with Crippen LogP contribution in [0.5, 0.6) is 0 Å². The molecule has 15 heavy (non-hydrogen) atoms. The molecule has 0 atom stereocenters. The molecule has 0 unspecified atom stereocenters. The Hall–Kier alpha value is -1.28. The van der Waals surface area contributed by atoms with Crippen molar-refractivity contribution in [3.05, 3.63) is 36.7 Å². The fraction of sp³-hybridized carbons (Fsp3) is 0.143. The smallest absolute Gasteiger partial charge is 0.368 e. The Morgan fingerprint density at radius 1 is 1.00 bits per heavy atom. The van der Waals surface area contributed by atoms with Crippen molar-refractivity contribution in [3.63, 3.8) is 0 Å². The average Bonchev–Trinajstić information content (AvgIpc) is 2.30. The van der Waals surface area contributed by atoms with Crippen LogP contribution in [0.25, 0.3) is 0 Å². The predicted molar refractivity (Wildman–Crippen MR) is 48.2 cm³/mol. The molecule has 0 radical (unpaired) electrons. The largest absolute Gasteiger partial charge is 0.522 e. The van der Waals surface area contributed by atoms with E-state index in [1.165, 1.54) is 0 Å². The quantitative estimate of drug-likeness (QED) is 0.500. The number of nitrogens with one attached hydrogen (secondary N) is 1. The van der Waals surface area contributed by atoms with Crippen LogP contribution in [-0.4, -0.2) is 18.5 Å². The van der Waals surface area contributed by atoms with Crippen molar-refractivity contribution in [1.29, 1.82) is 0 Å². The van der Waals surface area contributed by atoms with Crippen LogP contribution in [0.4, 0.5) is 13.2 Å². The molecule has 0 amide bonds. The second-order valence-corrected chi connectivity index (χ2v) is 3.60. The standard InChI is InChI=1S/C6H7N.CHF3O3S/c1-2-4-6-7-5-3-1;2-1(3,4)8(5,6)7/h1-7H;(H,5,6,7). The molecule has 0 aromatic carbocycles. The molecule has 8 heteroatoms. The molecule has 0 bridgehead atoms. The normalized spacial score (nSPS) is 14.9. The van der Waals surface area contributed by atoms with E-state index in [1.807, 2.05) is 36.7 Å². The SMILES string of the molecule is C1=CC=CNC=C1.O=S(=O)(O)C(F)(F)F. The Morgan fingerprint density at radius 3 is 1.60 bits per heavy atom. The summed E-state index contributed by atoms with van der Waals surface area (Å²) in [6.45, 7) is 0. The Balaban J connectivity index is 0.000000262. The topological polar surface area (TPSA) is 66.4 Å². The number of rotatable bonds is 0. The highest BCUT2D eigenvalue weighted by molar-refractivity contribution is 7.86. The molecular formula is C7H8F3NO3S. The first kappa shape index (κ1) is 13.7. The summed E-state index contributed by atoms with van der Waals surface area (Å²) in [7, 11) is -5.84. The predicted octanol–water partition coefficient (Wildman–Crippen LogP) is 1.57. The van der Waals surface area contributed by atoms with E-state index >= 15 is 0 Å². The fourth-order valence-corrected chi connectivity index (χ4v) is 0.406. The molecule has 4 nitrogen and oxygen atoms in total. The summed E-state index contributed by atoms with van der Waals surface area (Å²) in [5, 5.41) is 2.92. The highest BCUT2D eigenvalue weighted by Crippen LogP contribution is 2.20. The third kappa shape index (κ3) is 6.75. The van der Waals surface area contributed by atoms with E-state index in [9.17, 15) is 13.2 Å². The third-order valence-corrected chi connectivity index (χ3v) is 1.60. The molecule has 86 valence electrons. The van der Waals surface area contributed by atoms with Crippen LogP contribution < -0.4 is 5.32 Å². The van der Waals surface area contributed by atoms with Crippen molar-refractivity contribution in [2.24, 2.45) is 0 Å².